The Morgan fingerprint density at radius 2 is 1.90 bits per heavy atom. The maximum absolute atomic E-state index is 11.6. The van der Waals surface area contributed by atoms with Gasteiger partial charge in [0.05, 0.1) is 26.7 Å². The molecule has 1 atom stereocenters. The van der Waals surface area contributed by atoms with E-state index in [4.69, 9.17) is 4.74 Å². The Bertz CT molecular complexity index is 481. The van der Waals surface area contributed by atoms with Crippen molar-refractivity contribution in [2.45, 2.75) is 26.4 Å². The third-order valence-electron chi connectivity index (χ3n) is 2.95. The molecule has 0 spiro atoms. The van der Waals surface area contributed by atoms with E-state index in [0.29, 0.717) is 0 Å². The fourth-order valence-electron chi connectivity index (χ4n) is 1.79. The van der Waals surface area contributed by atoms with E-state index in [1.807, 2.05) is 32.0 Å². The third kappa shape index (κ3) is 5.43. The highest BCUT2D eigenvalue weighted by Gasteiger charge is 2.16. The number of nitrogens with one attached hydrogen (secondary N) is 1. The van der Waals surface area contributed by atoms with Gasteiger partial charge >= 0.3 is 5.97 Å². The first kappa shape index (κ1) is 17.0. The number of benzene rings is 1. The Morgan fingerprint density at radius 1 is 1.29 bits per heavy atom. The lowest BCUT2D eigenvalue weighted by molar-refractivity contribution is -0.150. The number of carbonyl (C=O) groups is 2. The van der Waals surface area contributed by atoms with Gasteiger partial charge in [-0.15, -0.1) is 0 Å². The highest BCUT2D eigenvalue weighted by atomic mass is 16.5. The zero-order valence-corrected chi connectivity index (χ0v) is 12.5. The molecule has 0 radical (unpaired) electrons. The molecule has 0 aliphatic rings. The number of methoxy groups -OCH3 is 1. The number of amides is 1. The lowest BCUT2D eigenvalue weighted by Gasteiger charge is -2.12. The summed E-state index contributed by atoms with van der Waals surface area (Å²) >= 11 is 0. The van der Waals surface area contributed by atoms with Crippen LogP contribution in [0.25, 0.3) is 0 Å². The average molecular weight is 295 g/mol. The standard InChI is InChI=1S/C15H21NO5/c1-10-5-4-6-11(2)14(10)21-8-7-13(18)16-9-12(17)15(19)20-3/h4-6,12,17H,7-9H2,1-3H3,(H,16,18). The summed E-state index contributed by atoms with van der Waals surface area (Å²) in [6.45, 7) is 3.94. The Balaban J connectivity index is 2.33. The maximum Gasteiger partial charge on any atom is 0.336 e. The van der Waals surface area contributed by atoms with Gasteiger partial charge in [0.2, 0.25) is 5.91 Å². The van der Waals surface area contributed by atoms with Crippen molar-refractivity contribution in [2.24, 2.45) is 0 Å². The van der Waals surface area contributed by atoms with E-state index in [1.54, 1.807) is 0 Å². The van der Waals surface area contributed by atoms with E-state index in [1.165, 1.54) is 7.11 Å². The summed E-state index contributed by atoms with van der Waals surface area (Å²) in [6, 6.07) is 5.82. The molecule has 1 aromatic rings. The predicted octanol–water partition coefficient (Wildman–Crippen LogP) is 0.722. The average Bonchev–Trinajstić information content (AvgIpc) is 2.46. The Kier molecular flexibility index (Phi) is 6.68. The second-order valence-electron chi connectivity index (χ2n) is 4.66. The van der Waals surface area contributed by atoms with Crippen LogP contribution >= 0.6 is 0 Å². The molecule has 0 heterocycles. The first-order chi connectivity index (χ1) is 9.95. The van der Waals surface area contributed by atoms with Crippen molar-refractivity contribution in [3.63, 3.8) is 0 Å². The van der Waals surface area contributed by atoms with Crippen molar-refractivity contribution in [3.05, 3.63) is 29.3 Å². The highest BCUT2D eigenvalue weighted by molar-refractivity contribution is 5.78. The Labute approximate surface area is 124 Å². The minimum atomic E-state index is -1.35. The number of aryl methyl sites for hydroxylation is 2. The van der Waals surface area contributed by atoms with Crippen LogP contribution in [0.1, 0.15) is 17.5 Å². The number of aliphatic hydroxyl groups is 1. The van der Waals surface area contributed by atoms with E-state index in [2.05, 4.69) is 10.1 Å². The van der Waals surface area contributed by atoms with Gasteiger partial charge in [0.15, 0.2) is 6.10 Å². The molecule has 0 aromatic heterocycles. The third-order valence-corrected chi connectivity index (χ3v) is 2.95. The van der Waals surface area contributed by atoms with E-state index in [0.717, 1.165) is 16.9 Å². The minimum absolute atomic E-state index is 0.141. The molecule has 116 valence electrons. The van der Waals surface area contributed by atoms with E-state index in [9.17, 15) is 14.7 Å². The second-order valence-corrected chi connectivity index (χ2v) is 4.66. The fraction of sp³-hybridized carbons (Fsp3) is 0.467. The molecular formula is C15H21NO5. The van der Waals surface area contributed by atoms with Gasteiger partial charge in [0, 0.05) is 0 Å². The molecule has 1 aromatic carbocycles. The predicted molar refractivity (Wildman–Crippen MR) is 77.1 cm³/mol. The topological polar surface area (TPSA) is 84.9 Å². The lowest BCUT2D eigenvalue weighted by atomic mass is 10.1. The van der Waals surface area contributed by atoms with Crippen molar-refractivity contribution in [2.75, 3.05) is 20.3 Å². The van der Waals surface area contributed by atoms with Crippen LogP contribution in [0.4, 0.5) is 0 Å². The molecule has 1 rings (SSSR count). The molecule has 0 bridgehead atoms. The van der Waals surface area contributed by atoms with Crippen molar-refractivity contribution in [1.82, 2.24) is 5.32 Å². The van der Waals surface area contributed by atoms with E-state index >= 15 is 0 Å². The number of esters is 1. The van der Waals surface area contributed by atoms with Gasteiger partial charge in [-0.3, -0.25) is 4.79 Å². The summed E-state index contributed by atoms with van der Waals surface area (Å²) in [4.78, 5) is 22.5. The molecule has 0 saturated carbocycles. The summed E-state index contributed by atoms with van der Waals surface area (Å²) < 4.78 is 9.94. The molecule has 0 saturated heterocycles. The number of ether oxygens (including phenoxy) is 2. The first-order valence-electron chi connectivity index (χ1n) is 6.67. The summed E-state index contributed by atoms with van der Waals surface area (Å²) in [6.07, 6.45) is -1.21. The Morgan fingerprint density at radius 3 is 2.48 bits per heavy atom. The number of para-hydroxylation sites is 1. The molecule has 2 N–H and O–H groups in total. The van der Waals surface area contributed by atoms with Crippen molar-refractivity contribution in [3.8, 4) is 5.75 Å². The molecule has 0 aliphatic carbocycles. The van der Waals surface area contributed by atoms with Gasteiger partial charge in [-0.2, -0.15) is 0 Å². The van der Waals surface area contributed by atoms with Crippen LogP contribution in [0.2, 0.25) is 0 Å². The minimum Gasteiger partial charge on any atom is -0.493 e. The molecule has 0 fully saturated rings. The second kappa shape index (κ2) is 8.26. The number of hydrogen-bond acceptors (Lipinski definition) is 5. The number of hydrogen-bond donors (Lipinski definition) is 2. The van der Waals surface area contributed by atoms with Gasteiger partial charge in [0.25, 0.3) is 0 Å². The van der Waals surface area contributed by atoms with Crippen LogP contribution in [0, 0.1) is 13.8 Å². The molecule has 21 heavy (non-hydrogen) atoms. The van der Waals surface area contributed by atoms with Crippen LogP contribution in [-0.4, -0.2) is 43.3 Å². The Hall–Kier alpha value is -2.08. The van der Waals surface area contributed by atoms with Gasteiger partial charge in [0.1, 0.15) is 5.75 Å². The quantitative estimate of drug-likeness (QED) is 0.724. The summed E-state index contributed by atoms with van der Waals surface area (Å²) in [5.74, 6) is -0.300. The van der Waals surface area contributed by atoms with Gasteiger partial charge in [-0.05, 0) is 25.0 Å². The van der Waals surface area contributed by atoms with E-state index < -0.39 is 12.1 Å². The van der Waals surface area contributed by atoms with Crippen molar-refractivity contribution >= 4 is 11.9 Å². The largest absolute Gasteiger partial charge is 0.493 e. The molecule has 0 aliphatic heterocycles. The van der Waals surface area contributed by atoms with Crippen LogP contribution < -0.4 is 10.1 Å². The van der Waals surface area contributed by atoms with Gasteiger partial charge in [-0.1, -0.05) is 18.2 Å². The fourth-order valence-corrected chi connectivity index (χ4v) is 1.79. The normalized spacial score (nSPS) is 11.6. The molecular weight excluding hydrogens is 274 g/mol. The van der Waals surface area contributed by atoms with Crippen LogP contribution in [0.5, 0.6) is 5.75 Å². The molecule has 1 amide bonds. The van der Waals surface area contributed by atoms with Crippen LogP contribution in [-0.2, 0) is 14.3 Å². The lowest BCUT2D eigenvalue weighted by Crippen LogP contribution is -2.37. The molecule has 1 unspecified atom stereocenters. The van der Waals surface area contributed by atoms with E-state index in [-0.39, 0.29) is 25.5 Å². The van der Waals surface area contributed by atoms with Crippen LogP contribution in [0.15, 0.2) is 18.2 Å². The maximum atomic E-state index is 11.6. The summed E-state index contributed by atoms with van der Waals surface area (Å²) in [5, 5.41) is 11.8. The monoisotopic (exact) mass is 295 g/mol. The van der Waals surface area contributed by atoms with Crippen LogP contribution in [0.3, 0.4) is 0 Å². The molecule has 6 heteroatoms. The number of carbonyl (C=O) groups excluding carboxylic acids is 2. The zero-order valence-electron chi connectivity index (χ0n) is 12.5. The smallest absolute Gasteiger partial charge is 0.336 e. The molecule has 6 nitrogen and oxygen atoms in total. The van der Waals surface area contributed by atoms with Gasteiger partial charge < -0.3 is 19.9 Å². The summed E-state index contributed by atoms with van der Waals surface area (Å²) in [5.41, 5.74) is 2.02. The van der Waals surface area contributed by atoms with Gasteiger partial charge in [-0.25, -0.2) is 4.79 Å². The van der Waals surface area contributed by atoms with Crippen molar-refractivity contribution < 1.29 is 24.2 Å². The first-order valence-corrected chi connectivity index (χ1v) is 6.67. The van der Waals surface area contributed by atoms with Crippen molar-refractivity contribution in [1.29, 1.82) is 0 Å². The number of rotatable bonds is 7. The SMILES string of the molecule is COC(=O)C(O)CNC(=O)CCOc1c(C)cccc1C. The number of aliphatic hydroxyl groups excluding tert-OH is 1. The summed E-state index contributed by atoms with van der Waals surface area (Å²) in [7, 11) is 1.17. The zero-order chi connectivity index (χ0) is 15.8. The highest BCUT2D eigenvalue weighted by Crippen LogP contribution is 2.22.